The number of pyridine rings is 1. The zero-order valence-electron chi connectivity index (χ0n) is 17.9. The van der Waals surface area contributed by atoms with Crippen molar-refractivity contribution < 1.29 is 4.79 Å². The number of allylic oxidation sites excluding steroid dienone is 6. The van der Waals surface area contributed by atoms with Gasteiger partial charge >= 0.3 is 0 Å². The minimum absolute atomic E-state index is 0.0821. The number of fused-ring (bicyclic) bond motifs is 1. The minimum Gasteiger partial charge on any atom is -0.433 e. The number of hydrogen-bond donors (Lipinski definition) is 3. The Morgan fingerprint density at radius 2 is 2.10 bits per heavy atom. The lowest BCUT2D eigenvalue weighted by atomic mass is 9.75. The van der Waals surface area contributed by atoms with E-state index in [2.05, 4.69) is 54.5 Å². The summed E-state index contributed by atoms with van der Waals surface area (Å²) in [6, 6.07) is 7.75. The van der Waals surface area contributed by atoms with Gasteiger partial charge in [-0.2, -0.15) is 0 Å². The van der Waals surface area contributed by atoms with E-state index in [1.807, 2.05) is 36.7 Å². The molecule has 1 unspecified atom stereocenters. The number of amides is 1. The number of benzene rings is 1. The lowest BCUT2D eigenvalue weighted by molar-refractivity contribution is -0.118. The zero-order chi connectivity index (χ0) is 21.5. The van der Waals surface area contributed by atoms with Gasteiger partial charge in [-0.1, -0.05) is 41.8 Å². The zero-order valence-corrected chi connectivity index (χ0v) is 17.9. The molecule has 1 aromatic carbocycles. The molecule has 0 bridgehead atoms. The number of anilines is 1. The van der Waals surface area contributed by atoms with Crippen LogP contribution in [0.1, 0.15) is 27.2 Å². The van der Waals surface area contributed by atoms with Crippen molar-refractivity contribution in [3.63, 3.8) is 0 Å². The van der Waals surface area contributed by atoms with Crippen LogP contribution in [0.2, 0.25) is 0 Å². The summed E-state index contributed by atoms with van der Waals surface area (Å²) in [6.07, 6.45) is 12.6. The molecule has 154 valence electrons. The summed E-state index contributed by atoms with van der Waals surface area (Å²) in [5.74, 6) is -0.465. The molecule has 2 aromatic rings. The van der Waals surface area contributed by atoms with Crippen molar-refractivity contribution in [2.24, 2.45) is 11.7 Å². The number of carbonyl (C=O) groups excluding carboxylic acids is 1. The lowest BCUT2D eigenvalue weighted by Gasteiger charge is -2.20. The number of carbonyl (C=O) groups is 1. The Hall–Kier alpha value is -3.12. The van der Waals surface area contributed by atoms with Crippen LogP contribution in [0.25, 0.3) is 10.8 Å². The van der Waals surface area contributed by atoms with E-state index in [0.717, 1.165) is 41.4 Å². The first-order valence-corrected chi connectivity index (χ1v) is 10.3. The van der Waals surface area contributed by atoms with Crippen LogP contribution in [0, 0.1) is 5.92 Å². The van der Waals surface area contributed by atoms with Crippen LogP contribution in [0.5, 0.6) is 0 Å². The Balaban J connectivity index is 1.86. The average Bonchev–Trinajstić information content (AvgIpc) is 2.74. The normalized spacial score (nSPS) is 14.7. The molecule has 0 saturated carbocycles. The average molecular weight is 400 g/mol. The third kappa shape index (κ3) is 5.27. The quantitative estimate of drug-likeness (QED) is 0.618. The van der Waals surface area contributed by atoms with E-state index in [1.54, 1.807) is 6.20 Å². The molecule has 4 N–H and O–H groups in total. The monoisotopic (exact) mass is 400 g/mol. The van der Waals surface area contributed by atoms with Crippen LogP contribution in [0.3, 0.4) is 0 Å². The maximum atomic E-state index is 13.1. The molecule has 0 saturated heterocycles. The molecule has 1 amide bonds. The highest BCUT2D eigenvalue weighted by atomic mass is 16.1. The molecule has 2 heterocycles. The molecule has 1 aliphatic rings. The van der Waals surface area contributed by atoms with E-state index in [-0.39, 0.29) is 18.4 Å². The van der Waals surface area contributed by atoms with E-state index >= 15 is 0 Å². The Kier molecular flexibility index (Phi) is 7.25. The molecule has 6 heteroatoms. The Labute approximate surface area is 179 Å². The van der Waals surface area contributed by atoms with Crippen LogP contribution < -0.4 is 16.3 Å². The molecule has 1 aromatic heterocycles. The topological polar surface area (TPSA) is 80.0 Å². The number of nitrogens with one attached hydrogen (secondary N) is 2. The third-order valence-electron chi connectivity index (χ3n) is 5.16. The van der Waals surface area contributed by atoms with Gasteiger partial charge in [0.2, 0.25) is 5.91 Å². The molecule has 3 rings (SSSR count). The highest BCUT2D eigenvalue weighted by molar-refractivity contribution is 6.45. The molecular formula is C24H29BN4O. The summed E-state index contributed by atoms with van der Waals surface area (Å²) in [5, 5.41) is 8.37. The summed E-state index contributed by atoms with van der Waals surface area (Å²) in [6.45, 7) is 6.50. The highest BCUT2D eigenvalue weighted by Gasteiger charge is 2.21. The first kappa shape index (κ1) is 21.6. The van der Waals surface area contributed by atoms with Gasteiger partial charge in [0, 0.05) is 30.0 Å². The second-order valence-corrected chi connectivity index (χ2v) is 7.70. The van der Waals surface area contributed by atoms with Crippen molar-refractivity contribution >= 4 is 29.8 Å². The van der Waals surface area contributed by atoms with Gasteiger partial charge < -0.3 is 16.3 Å². The van der Waals surface area contributed by atoms with Crippen LogP contribution in [0.15, 0.2) is 83.3 Å². The van der Waals surface area contributed by atoms with E-state index in [4.69, 9.17) is 5.73 Å². The van der Waals surface area contributed by atoms with E-state index in [9.17, 15) is 4.79 Å². The van der Waals surface area contributed by atoms with Gasteiger partial charge in [-0.25, -0.2) is 0 Å². The molecule has 1 atom stereocenters. The third-order valence-corrected chi connectivity index (χ3v) is 5.16. The van der Waals surface area contributed by atoms with Crippen molar-refractivity contribution in [2.45, 2.75) is 27.2 Å². The van der Waals surface area contributed by atoms with Crippen LogP contribution in [-0.2, 0) is 4.79 Å². The number of hydrogen-bond acceptors (Lipinski definition) is 4. The number of nitrogens with zero attached hydrogens (tertiary/aromatic N) is 1. The van der Waals surface area contributed by atoms with Crippen LogP contribution >= 0.6 is 0 Å². The van der Waals surface area contributed by atoms with Crippen molar-refractivity contribution in [2.75, 3.05) is 11.9 Å². The smallest absolute Gasteiger partial charge is 0.267 e. The minimum atomic E-state index is -0.383. The van der Waals surface area contributed by atoms with Gasteiger partial charge in [0.25, 0.3) is 7.41 Å². The highest BCUT2D eigenvalue weighted by Crippen LogP contribution is 2.24. The van der Waals surface area contributed by atoms with Crippen molar-refractivity contribution in [1.82, 2.24) is 10.2 Å². The van der Waals surface area contributed by atoms with Crippen LogP contribution in [-0.4, -0.2) is 24.9 Å². The second-order valence-electron chi connectivity index (χ2n) is 7.70. The van der Waals surface area contributed by atoms with Crippen LogP contribution in [0.4, 0.5) is 5.69 Å². The van der Waals surface area contributed by atoms with Gasteiger partial charge in [0.05, 0.1) is 5.92 Å². The largest absolute Gasteiger partial charge is 0.433 e. The summed E-state index contributed by atoms with van der Waals surface area (Å²) in [7, 11) is 0.774. The van der Waals surface area contributed by atoms with Crippen molar-refractivity contribution in [3.8, 4) is 0 Å². The predicted octanol–water partition coefficient (Wildman–Crippen LogP) is 3.77. The standard InChI is InChI=1S/C24H29BN4O/c1-4-17(12-19-8-10-28-25-23(19)11-16(2)3)22(14-26)24(30)29-21-6-5-20-15-27-9-7-18(20)13-21/h5-13,15,22,25,28H,4,14,26H2,1-3H3,(H,29,30)/b17-12+. The van der Waals surface area contributed by atoms with E-state index in [0.29, 0.717) is 0 Å². The van der Waals surface area contributed by atoms with Gasteiger partial charge in [0.15, 0.2) is 0 Å². The van der Waals surface area contributed by atoms with Gasteiger partial charge in [0.1, 0.15) is 0 Å². The molecule has 0 fully saturated rings. The number of aromatic nitrogens is 1. The Bertz CT molecular complexity index is 1050. The molecule has 1 aliphatic heterocycles. The fourth-order valence-electron chi connectivity index (χ4n) is 3.62. The van der Waals surface area contributed by atoms with E-state index in [1.165, 1.54) is 11.0 Å². The lowest BCUT2D eigenvalue weighted by Crippen LogP contribution is -2.31. The first-order valence-electron chi connectivity index (χ1n) is 10.3. The molecule has 0 aliphatic carbocycles. The fraction of sp³-hybridized carbons (Fsp3) is 0.250. The maximum absolute atomic E-state index is 13.1. The predicted molar refractivity (Wildman–Crippen MR) is 127 cm³/mol. The molecule has 0 spiro atoms. The van der Waals surface area contributed by atoms with Crippen molar-refractivity contribution in [1.29, 1.82) is 0 Å². The summed E-state index contributed by atoms with van der Waals surface area (Å²) < 4.78 is 0. The maximum Gasteiger partial charge on any atom is 0.267 e. The van der Waals surface area contributed by atoms with Gasteiger partial charge in [-0.05, 0) is 61.7 Å². The Morgan fingerprint density at radius 1 is 1.27 bits per heavy atom. The molecular weight excluding hydrogens is 371 g/mol. The molecule has 30 heavy (non-hydrogen) atoms. The van der Waals surface area contributed by atoms with Crippen molar-refractivity contribution in [3.05, 3.63) is 83.3 Å². The second kappa shape index (κ2) is 10.1. The first-order chi connectivity index (χ1) is 14.5. The summed E-state index contributed by atoms with van der Waals surface area (Å²) in [4.78, 5) is 17.2. The summed E-state index contributed by atoms with van der Waals surface area (Å²) >= 11 is 0. The number of rotatable bonds is 7. The molecule has 5 nitrogen and oxygen atoms in total. The number of nitrogens with two attached hydrogens (primary N) is 1. The summed E-state index contributed by atoms with van der Waals surface area (Å²) in [5.41, 5.74) is 11.4. The van der Waals surface area contributed by atoms with Gasteiger partial charge in [-0.3, -0.25) is 9.78 Å². The SMILES string of the molecule is CC/C(=C\C1=C(C=C(C)C)BNC=C1)C(CN)C(=O)Nc1ccc2cnccc2c1. The molecule has 0 radical (unpaired) electrons. The Morgan fingerprint density at radius 3 is 2.83 bits per heavy atom. The van der Waals surface area contributed by atoms with E-state index < -0.39 is 0 Å². The fourth-order valence-corrected chi connectivity index (χ4v) is 3.62. The van der Waals surface area contributed by atoms with Gasteiger partial charge in [-0.15, -0.1) is 0 Å².